The minimum absolute atomic E-state index is 0.00610. The number of fused-ring (bicyclic) bond motifs is 3. The van der Waals surface area contributed by atoms with Gasteiger partial charge in [-0.2, -0.15) is 0 Å². The molecule has 2 heterocycles. The van der Waals surface area contributed by atoms with Crippen LogP contribution in [0.15, 0.2) is 57.2 Å². The Labute approximate surface area is 225 Å². The first-order chi connectivity index (χ1) is 17.6. The summed E-state index contributed by atoms with van der Waals surface area (Å²) in [5.41, 5.74) is 1.73. The van der Waals surface area contributed by atoms with Crippen molar-refractivity contribution in [1.29, 1.82) is 0 Å². The van der Waals surface area contributed by atoms with E-state index in [1.807, 2.05) is 22.8 Å². The van der Waals surface area contributed by atoms with E-state index in [1.165, 1.54) is 12.8 Å². The van der Waals surface area contributed by atoms with E-state index in [0.717, 1.165) is 28.3 Å². The van der Waals surface area contributed by atoms with E-state index < -0.39 is 5.91 Å². The maximum absolute atomic E-state index is 12.4. The van der Waals surface area contributed by atoms with E-state index in [9.17, 15) is 9.90 Å². The zero-order valence-corrected chi connectivity index (χ0v) is 23.3. The largest absolute Gasteiger partial charge is 0.497 e. The highest BCUT2D eigenvalue weighted by Gasteiger charge is 2.49. The summed E-state index contributed by atoms with van der Waals surface area (Å²) in [6, 6.07) is 13.2. The average molecular weight is 570 g/mol. The molecule has 5 rings (SSSR count). The molecule has 8 nitrogen and oxygen atoms in total. The summed E-state index contributed by atoms with van der Waals surface area (Å²) in [6.45, 7) is 8.39. The third kappa shape index (κ3) is 5.38. The van der Waals surface area contributed by atoms with E-state index >= 15 is 0 Å². The minimum Gasteiger partial charge on any atom is -0.497 e. The van der Waals surface area contributed by atoms with Crippen molar-refractivity contribution in [3.8, 4) is 17.4 Å². The van der Waals surface area contributed by atoms with Crippen LogP contribution >= 0.6 is 15.9 Å². The second-order valence-electron chi connectivity index (χ2n) is 11.4. The molecule has 2 unspecified atom stereocenters. The number of rotatable bonds is 7. The fourth-order valence-electron chi connectivity index (χ4n) is 6.41. The summed E-state index contributed by atoms with van der Waals surface area (Å²) in [5, 5.41) is 20.0. The minimum atomic E-state index is -0.547. The molecule has 2 aliphatic rings. The lowest BCUT2D eigenvalue weighted by Crippen LogP contribution is -2.35. The van der Waals surface area contributed by atoms with Gasteiger partial charge in [0.2, 0.25) is 5.88 Å². The number of hydrogen-bond donors (Lipinski definition) is 1. The molecule has 37 heavy (non-hydrogen) atoms. The smallest absolute Gasteiger partial charge is 0.302 e. The Hall–Kier alpha value is -2.91. The lowest BCUT2D eigenvalue weighted by Gasteiger charge is -2.40. The summed E-state index contributed by atoms with van der Waals surface area (Å²) < 4.78 is 13.4. The first-order valence-electron chi connectivity index (χ1n) is 12.5. The monoisotopic (exact) mass is 568 g/mol. The van der Waals surface area contributed by atoms with Crippen molar-refractivity contribution in [3.05, 3.63) is 46.9 Å². The van der Waals surface area contributed by atoms with Crippen molar-refractivity contribution in [3.63, 3.8) is 0 Å². The van der Waals surface area contributed by atoms with E-state index in [0.29, 0.717) is 29.6 Å². The molecule has 1 saturated heterocycles. The quantitative estimate of drug-likeness (QED) is 0.321. The second kappa shape index (κ2) is 9.76. The van der Waals surface area contributed by atoms with Crippen molar-refractivity contribution >= 4 is 38.4 Å². The molecule has 3 aromatic rings. The molecule has 0 radical (unpaired) electrons. The fourth-order valence-corrected chi connectivity index (χ4v) is 6.77. The molecule has 0 spiro atoms. The predicted octanol–water partition coefficient (Wildman–Crippen LogP) is 6.67. The van der Waals surface area contributed by atoms with Gasteiger partial charge in [-0.15, -0.1) is 10.2 Å². The van der Waals surface area contributed by atoms with Gasteiger partial charge in [-0.05, 0) is 72.6 Å². The number of halogens is 1. The lowest BCUT2D eigenvalue weighted by atomic mass is 9.65. The predicted molar refractivity (Wildman–Crippen MR) is 146 cm³/mol. The number of carbonyl (C=O) groups is 1. The van der Waals surface area contributed by atoms with Gasteiger partial charge in [-0.1, -0.05) is 36.7 Å². The second-order valence-corrected chi connectivity index (χ2v) is 12.3. The molecule has 1 aliphatic carbocycles. The first-order valence-corrected chi connectivity index (χ1v) is 13.3. The number of nitrogens with zero attached hydrogens (tertiary/aromatic N) is 4. The van der Waals surface area contributed by atoms with Crippen LogP contribution in [0, 0.1) is 10.8 Å². The Bertz CT molecular complexity index is 1350. The Kier molecular flexibility index (Phi) is 6.79. The van der Waals surface area contributed by atoms with Crippen molar-refractivity contribution in [2.24, 2.45) is 21.1 Å². The molecule has 2 aromatic carbocycles. The molecule has 1 N–H and O–H groups in total. The molecule has 1 aromatic heterocycles. The molecule has 2 fully saturated rings. The number of benzene rings is 2. The van der Waals surface area contributed by atoms with Crippen LogP contribution in [0.25, 0.3) is 10.9 Å². The van der Waals surface area contributed by atoms with Gasteiger partial charge >= 0.3 is 5.91 Å². The summed E-state index contributed by atoms with van der Waals surface area (Å²) in [6.07, 6.45) is 3.53. The number of hydrogen-bond acceptors (Lipinski definition) is 6. The van der Waals surface area contributed by atoms with E-state index in [-0.39, 0.29) is 23.6 Å². The van der Waals surface area contributed by atoms with Crippen molar-refractivity contribution in [1.82, 2.24) is 9.47 Å². The molecule has 196 valence electrons. The van der Waals surface area contributed by atoms with Gasteiger partial charge in [0.15, 0.2) is 12.3 Å². The van der Waals surface area contributed by atoms with Crippen LogP contribution in [0.1, 0.15) is 40.0 Å². The number of aromatic nitrogens is 1. The van der Waals surface area contributed by atoms with E-state index in [1.54, 1.807) is 31.4 Å². The highest BCUT2D eigenvalue weighted by molar-refractivity contribution is 9.10. The number of ether oxygens (including phenoxy) is 2. The van der Waals surface area contributed by atoms with Crippen LogP contribution in [-0.2, 0) is 11.5 Å². The molecular formula is C28H33BrN4O4. The SMILES string of the molecule is COc1ccc(OCC(=O)N=Nc2c(O)n(CN3CC4(C)CC3CC(C)(C)C4)c3ccc(Br)cc23)cc1. The van der Waals surface area contributed by atoms with Crippen LogP contribution < -0.4 is 9.47 Å². The Morgan fingerprint density at radius 1 is 1.14 bits per heavy atom. The molecule has 2 atom stereocenters. The van der Waals surface area contributed by atoms with E-state index in [4.69, 9.17) is 9.47 Å². The fraction of sp³-hybridized carbons (Fsp3) is 0.464. The summed E-state index contributed by atoms with van der Waals surface area (Å²) in [4.78, 5) is 14.9. The number of aromatic hydroxyl groups is 1. The molecule has 9 heteroatoms. The maximum Gasteiger partial charge on any atom is 0.302 e. The van der Waals surface area contributed by atoms with Gasteiger partial charge < -0.3 is 14.6 Å². The van der Waals surface area contributed by atoms with Gasteiger partial charge in [0.25, 0.3) is 0 Å². The summed E-state index contributed by atoms with van der Waals surface area (Å²) in [7, 11) is 1.59. The first kappa shape index (κ1) is 25.7. The highest BCUT2D eigenvalue weighted by Crippen LogP contribution is 2.53. The van der Waals surface area contributed by atoms with Crippen molar-refractivity contribution < 1.29 is 19.4 Å². The van der Waals surface area contributed by atoms with Crippen molar-refractivity contribution in [2.45, 2.75) is 52.7 Å². The highest BCUT2D eigenvalue weighted by atomic mass is 79.9. The van der Waals surface area contributed by atoms with E-state index in [2.05, 4.69) is 51.8 Å². The molecule has 1 aliphatic heterocycles. The zero-order valence-electron chi connectivity index (χ0n) is 21.7. The lowest BCUT2D eigenvalue weighted by molar-refractivity contribution is -0.120. The van der Waals surface area contributed by atoms with Gasteiger partial charge in [0.1, 0.15) is 11.5 Å². The standard InChI is InChI=1S/C28H33BrN4O4/c1-27(2)12-19-13-28(3,15-27)16-32(19)17-33-23-10-5-18(29)11-22(23)25(26(33)35)31-30-24(34)14-37-21-8-6-20(36-4)7-9-21/h5-11,19,35H,12-17H2,1-4H3. The molecule has 2 bridgehead atoms. The summed E-state index contributed by atoms with van der Waals surface area (Å²) >= 11 is 3.52. The third-order valence-corrected chi connectivity index (χ3v) is 7.99. The van der Waals surface area contributed by atoms with Gasteiger partial charge in [-0.25, -0.2) is 0 Å². The van der Waals surface area contributed by atoms with Gasteiger partial charge in [-0.3, -0.25) is 14.3 Å². The number of azo groups is 1. The molecule has 1 amide bonds. The number of methoxy groups -OCH3 is 1. The van der Waals surface area contributed by atoms with Crippen LogP contribution in [0.5, 0.6) is 17.4 Å². The Morgan fingerprint density at radius 3 is 2.59 bits per heavy atom. The van der Waals surface area contributed by atoms with Gasteiger partial charge in [0.05, 0.1) is 19.3 Å². The van der Waals surface area contributed by atoms with Crippen LogP contribution in [0.2, 0.25) is 0 Å². The topological polar surface area (TPSA) is 88.6 Å². The average Bonchev–Trinajstić information content (AvgIpc) is 3.24. The third-order valence-electron chi connectivity index (χ3n) is 7.50. The zero-order chi connectivity index (χ0) is 26.4. The molecular weight excluding hydrogens is 536 g/mol. The Balaban J connectivity index is 1.36. The normalized spacial score (nSPS) is 23.1. The number of carbonyl (C=O) groups excluding carboxylic acids is 1. The summed E-state index contributed by atoms with van der Waals surface area (Å²) in [5.74, 6) is 0.688. The van der Waals surface area contributed by atoms with Gasteiger partial charge in [0, 0.05) is 22.4 Å². The number of amides is 1. The van der Waals surface area contributed by atoms with Crippen molar-refractivity contribution in [2.75, 3.05) is 20.3 Å². The van der Waals surface area contributed by atoms with Crippen LogP contribution in [-0.4, -0.2) is 46.8 Å². The van der Waals surface area contributed by atoms with Crippen LogP contribution in [0.4, 0.5) is 5.69 Å². The molecule has 1 saturated carbocycles. The number of likely N-dealkylation sites (tertiary alicyclic amines) is 1. The van der Waals surface area contributed by atoms with Crippen LogP contribution in [0.3, 0.4) is 0 Å². The maximum atomic E-state index is 12.4. The Morgan fingerprint density at radius 2 is 1.86 bits per heavy atom.